The molecule has 2 aromatic rings. The Morgan fingerprint density at radius 3 is 2.14 bits per heavy atom. The largest absolute Gasteiger partial charge is 0.463 e. The minimum atomic E-state index is -1.34. The van der Waals surface area contributed by atoms with E-state index in [0.29, 0.717) is 5.69 Å². The van der Waals surface area contributed by atoms with Crippen molar-refractivity contribution in [3.05, 3.63) is 58.4 Å². The zero-order valence-corrected chi connectivity index (χ0v) is 24.7. The van der Waals surface area contributed by atoms with E-state index in [9.17, 15) is 24.0 Å². The van der Waals surface area contributed by atoms with Gasteiger partial charge in [-0.15, -0.1) is 11.3 Å². The van der Waals surface area contributed by atoms with Crippen molar-refractivity contribution in [2.24, 2.45) is 4.99 Å². The van der Waals surface area contributed by atoms with E-state index in [1.807, 2.05) is 17.5 Å². The third kappa shape index (κ3) is 7.63. The van der Waals surface area contributed by atoms with Gasteiger partial charge in [0, 0.05) is 32.6 Å². The van der Waals surface area contributed by atoms with Crippen LogP contribution in [0, 0.1) is 0 Å². The number of benzene rings is 1. The molecule has 1 saturated heterocycles. The molecule has 0 aliphatic carbocycles. The maximum atomic E-state index is 13.6. The van der Waals surface area contributed by atoms with Crippen LogP contribution < -0.4 is 4.90 Å². The molecule has 4 rings (SSSR count). The number of ether oxygens (including phenoxy) is 5. The summed E-state index contributed by atoms with van der Waals surface area (Å²) in [4.78, 5) is 68.4. The highest BCUT2D eigenvalue weighted by molar-refractivity contribution is 8.14. The summed E-state index contributed by atoms with van der Waals surface area (Å²) in [5, 5.41) is 2.06. The van der Waals surface area contributed by atoms with E-state index in [0.717, 1.165) is 37.4 Å². The average Bonchev–Trinajstić information content (AvgIpc) is 3.54. The number of carbonyl (C=O) groups is 5. The summed E-state index contributed by atoms with van der Waals surface area (Å²) in [6.45, 7) is 4.28. The van der Waals surface area contributed by atoms with Crippen LogP contribution in [-0.4, -0.2) is 71.4 Å². The molecule has 0 N–H and O–H groups in total. The van der Waals surface area contributed by atoms with Crippen molar-refractivity contribution in [1.29, 1.82) is 0 Å². The molecule has 12 nitrogen and oxygen atoms in total. The summed E-state index contributed by atoms with van der Waals surface area (Å²) >= 11 is 2.37. The standard InChI is InChI=1S/C28H28N2O10S2/c1-15(31)36-14-22-23(37-16(2)32)24(38-17(3)33)25(39-18(4)34)27(40-22)42-28-29-21(13-20-11-8-12-41-20)26(35)30(28)19-9-6-5-7-10-19/h5-13,22-25,27H,14H2,1-4H3/t22-,23-,24+,25-,27+/m1/s1. The van der Waals surface area contributed by atoms with Crippen LogP contribution >= 0.6 is 23.1 Å². The fourth-order valence-corrected chi connectivity index (χ4v) is 6.12. The first-order valence-electron chi connectivity index (χ1n) is 12.7. The van der Waals surface area contributed by atoms with Crippen molar-refractivity contribution in [1.82, 2.24) is 0 Å². The molecule has 1 aromatic carbocycles. The van der Waals surface area contributed by atoms with Crippen molar-refractivity contribution in [2.45, 2.75) is 57.5 Å². The number of thiophene rings is 1. The highest BCUT2D eigenvalue weighted by Gasteiger charge is 2.53. The molecule has 3 heterocycles. The molecule has 0 saturated carbocycles. The minimum Gasteiger partial charge on any atom is -0.463 e. The first-order chi connectivity index (χ1) is 20.0. The number of nitrogens with zero attached hydrogens (tertiary/aromatic N) is 2. The van der Waals surface area contributed by atoms with E-state index in [-0.39, 0.29) is 17.5 Å². The molecular formula is C28H28N2O10S2. The lowest BCUT2D eigenvalue weighted by Crippen LogP contribution is -2.61. The predicted octanol–water partition coefficient (Wildman–Crippen LogP) is 3.31. The Labute approximate surface area is 249 Å². The van der Waals surface area contributed by atoms with Gasteiger partial charge in [0.25, 0.3) is 5.91 Å². The summed E-state index contributed by atoms with van der Waals surface area (Å²) in [7, 11) is 0. The van der Waals surface area contributed by atoms with Gasteiger partial charge in [-0.2, -0.15) is 0 Å². The number of hydrogen-bond donors (Lipinski definition) is 0. The Bertz CT molecular complexity index is 1390. The van der Waals surface area contributed by atoms with Crippen molar-refractivity contribution < 1.29 is 47.7 Å². The summed E-state index contributed by atoms with van der Waals surface area (Å²) in [5.74, 6) is -3.23. The topological polar surface area (TPSA) is 147 Å². The van der Waals surface area contributed by atoms with Crippen molar-refractivity contribution in [2.75, 3.05) is 11.5 Å². The normalized spacial score (nSPS) is 24.6. The third-order valence-corrected chi connectivity index (χ3v) is 7.75. The van der Waals surface area contributed by atoms with Gasteiger partial charge in [0.15, 0.2) is 28.9 Å². The Hall–Kier alpha value is -4.01. The van der Waals surface area contributed by atoms with Gasteiger partial charge in [0.05, 0.1) is 5.69 Å². The van der Waals surface area contributed by atoms with Gasteiger partial charge in [0.2, 0.25) is 0 Å². The van der Waals surface area contributed by atoms with E-state index in [4.69, 9.17) is 23.7 Å². The van der Waals surface area contributed by atoms with Crippen LogP contribution in [-0.2, 0) is 47.7 Å². The Kier molecular flexibility index (Phi) is 10.1. The lowest BCUT2D eigenvalue weighted by molar-refractivity contribution is -0.237. The molecule has 1 fully saturated rings. The number of carbonyl (C=O) groups excluding carboxylic acids is 5. The van der Waals surface area contributed by atoms with Crippen LogP contribution in [0.2, 0.25) is 0 Å². The Morgan fingerprint density at radius 1 is 0.905 bits per heavy atom. The van der Waals surface area contributed by atoms with E-state index in [1.165, 1.54) is 23.2 Å². The average molecular weight is 617 g/mol. The van der Waals surface area contributed by atoms with Gasteiger partial charge in [-0.05, 0) is 29.7 Å². The number of anilines is 1. The molecular weight excluding hydrogens is 588 g/mol. The van der Waals surface area contributed by atoms with E-state index < -0.39 is 59.6 Å². The number of rotatable bonds is 8. The summed E-state index contributed by atoms with van der Waals surface area (Å²) in [6, 6.07) is 12.5. The van der Waals surface area contributed by atoms with Crippen molar-refractivity contribution in [3.63, 3.8) is 0 Å². The summed E-state index contributed by atoms with van der Waals surface area (Å²) in [5.41, 5.74) is -0.465. The van der Waals surface area contributed by atoms with Crippen molar-refractivity contribution >= 4 is 69.8 Å². The lowest BCUT2D eigenvalue weighted by Gasteiger charge is -2.44. The van der Waals surface area contributed by atoms with Crippen LogP contribution in [0.25, 0.3) is 6.08 Å². The molecule has 5 atom stereocenters. The van der Waals surface area contributed by atoms with Crippen LogP contribution in [0.1, 0.15) is 32.6 Å². The van der Waals surface area contributed by atoms with Crippen LogP contribution in [0.4, 0.5) is 5.69 Å². The van der Waals surface area contributed by atoms with Gasteiger partial charge < -0.3 is 23.7 Å². The van der Waals surface area contributed by atoms with Crippen LogP contribution in [0.15, 0.2) is 58.5 Å². The maximum absolute atomic E-state index is 13.6. The molecule has 42 heavy (non-hydrogen) atoms. The maximum Gasteiger partial charge on any atom is 0.303 e. The van der Waals surface area contributed by atoms with E-state index >= 15 is 0 Å². The number of hydrogen-bond acceptors (Lipinski definition) is 13. The smallest absolute Gasteiger partial charge is 0.303 e. The highest BCUT2D eigenvalue weighted by Crippen LogP contribution is 2.38. The first-order valence-corrected chi connectivity index (χ1v) is 14.5. The number of amides is 1. The molecule has 1 aromatic heterocycles. The van der Waals surface area contributed by atoms with Gasteiger partial charge in [0.1, 0.15) is 18.4 Å². The summed E-state index contributed by atoms with van der Waals surface area (Å²) in [6.07, 6.45) is -3.42. The molecule has 2 aliphatic rings. The fraction of sp³-hybridized carbons (Fsp3) is 0.357. The number of thioether (sulfide) groups is 1. The number of aliphatic imine (C=N–C) groups is 1. The highest BCUT2D eigenvalue weighted by atomic mass is 32.2. The summed E-state index contributed by atoms with van der Waals surface area (Å²) < 4.78 is 27.9. The zero-order chi connectivity index (χ0) is 30.4. The minimum absolute atomic E-state index is 0.162. The number of esters is 4. The second-order valence-electron chi connectivity index (χ2n) is 9.10. The third-order valence-electron chi connectivity index (χ3n) is 5.84. The van der Waals surface area contributed by atoms with Gasteiger partial charge in [-0.1, -0.05) is 36.0 Å². The first kappa shape index (κ1) is 30.9. The molecule has 1 amide bonds. The SMILES string of the molecule is CC(=O)OC[C@H]1O[C@@H](SC2=NC(=Cc3cccs3)C(=O)N2c2ccccc2)[C@H](OC(C)=O)[C@@H](OC(C)=O)[C@@H]1OC(C)=O. The molecule has 14 heteroatoms. The van der Waals surface area contributed by atoms with Crippen LogP contribution in [0.5, 0.6) is 0 Å². The quantitative estimate of drug-likeness (QED) is 0.244. The van der Waals surface area contributed by atoms with Crippen LogP contribution in [0.3, 0.4) is 0 Å². The van der Waals surface area contributed by atoms with Gasteiger partial charge in [-0.3, -0.25) is 28.9 Å². The molecule has 222 valence electrons. The second kappa shape index (κ2) is 13.8. The zero-order valence-electron chi connectivity index (χ0n) is 23.1. The van der Waals surface area contributed by atoms with E-state index in [1.54, 1.807) is 36.4 Å². The molecule has 0 bridgehead atoms. The van der Waals surface area contributed by atoms with E-state index in [2.05, 4.69) is 4.99 Å². The Morgan fingerprint density at radius 2 is 1.55 bits per heavy atom. The number of para-hydroxylation sites is 1. The predicted molar refractivity (Wildman–Crippen MR) is 153 cm³/mol. The monoisotopic (exact) mass is 616 g/mol. The second-order valence-corrected chi connectivity index (χ2v) is 11.1. The lowest BCUT2D eigenvalue weighted by atomic mass is 9.99. The number of amidine groups is 1. The molecule has 0 radical (unpaired) electrons. The fourth-order valence-electron chi connectivity index (χ4n) is 4.28. The molecule has 0 spiro atoms. The molecule has 2 aliphatic heterocycles. The van der Waals surface area contributed by atoms with Gasteiger partial charge in [-0.25, -0.2) is 4.99 Å². The van der Waals surface area contributed by atoms with Gasteiger partial charge >= 0.3 is 23.9 Å². The van der Waals surface area contributed by atoms with Crippen molar-refractivity contribution in [3.8, 4) is 0 Å². The Balaban J connectivity index is 1.77. The molecule has 0 unspecified atom stereocenters.